The predicted octanol–water partition coefficient (Wildman–Crippen LogP) is 3.52. The van der Waals surface area contributed by atoms with Gasteiger partial charge in [0, 0.05) is 12.0 Å². The average molecular weight is 241 g/mol. The van der Waals surface area contributed by atoms with Gasteiger partial charge in [-0.2, -0.15) is 0 Å². The third-order valence-electron chi connectivity index (χ3n) is 2.98. The molecule has 0 saturated heterocycles. The van der Waals surface area contributed by atoms with Crippen LogP contribution in [0.5, 0.6) is 0 Å². The summed E-state index contributed by atoms with van der Waals surface area (Å²) in [5.41, 5.74) is 1.17. The molecule has 1 atom stereocenters. The Bertz CT molecular complexity index is 319. The Morgan fingerprint density at radius 1 is 1.50 bits per heavy atom. The second-order valence-corrected chi connectivity index (χ2v) is 5.61. The number of thiophene rings is 1. The summed E-state index contributed by atoms with van der Waals surface area (Å²) in [7, 11) is 1.78. The lowest BCUT2D eigenvalue weighted by Gasteiger charge is -2.34. The molecule has 0 aliphatic carbocycles. The Morgan fingerprint density at radius 2 is 2.19 bits per heavy atom. The molecule has 1 heterocycles. The normalized spacial score (nSPS) is 14.1. The third kappa shape index (κ3) is 3.06. The van der Waals surface area contributed by atoms with Gasteiger partial charge >= 0.3 is 0 Å². The van der Waals surface area contributed by atoms with Crippen LogP contribution in [0.2, 0.25) is 0 Å². The van der Waals surface area contributed by atoms with E-state index >= 15 is 0 Å². The summed E-state index contributed by atoms with van der Waals surface area (Å²) in [6, 6.07) is 2.45. The van der Waals surface area contributed by atoms with Crippen LogP contribution in [0.4, 0.5) is 0 Å². The van der Waals surface area contributed by atoms with Crippen LogP contribution in [-0.4, -0.2) is 19.3 Å². The summed E-state index contributed by atoms with van der Waals surface area (Å²) < 4.78 is 5.62. The van der Waals surface area contributed by atoms with Crippen molar-refractivity contribution in [2.45, 2.75) is 45.8 Å². The van der Waals surface area contributed by atoms with Crippen LogP contribution in [0, 0.1) is 6.92 Å². The second kappa shape index (κ2) is 5.80. The van der Waals surface area contributed by atoms with Crippen LogP contribution in [0.3, 0.4) is 0 Å². The van der Waals surface area contributed by atoms with Crippen molar-refractivity contribution >= 4 is 11.3 Å². The van der Waals surface area contributed by atoms with Gasteiger partial charge in [-0.15, -0.1) is 11.3 Å². The largest absolute Gasteiger partial charge is 0.377 e. The van der Waals surface area contributed by atoms with Crippen molar-refractivity contribution in [1.82, 2.24) is 5.32 Å². The van der Waals surface area contributed by atoms with E-state index in [1.54, 1.807) is 7.11 Å². The first-order chi connectivity index (χ1) is 7.53. The zero-order valence-electron chi connectivity index (χ0n) is 11.0. The molecule has 0 aliphatic rings. The summed E-state index contributed by atoms with van der Waals surface area (Å²) in [4.78, 5) is 1.39. The Balaban J connectivity index is 2.92. The van der Waals surface area contributed by atoms with E-state index in [4.69, 9.17) is 4.74 Å². The maximum absolute atomic E-state index is 5.62. The fourth-order valence-corrected chi connectivity index (χ4v) is 2.92. The number of hydrogen-bond donors (Lipinski definition) is 1. The molecule has 16 heavy (non-hydrogen) atoms. The Labute approximate surface area is 103 Å². The second-order valence-electron chi connectivity index (χ2n) is 4.66. The highest BCUT2D eigenvalue weighted by molar-refractivity contribution is 7.10. The molecule has 2 nitrogen and oxygen atoms in total. The van der Waals surface area contributed by atoms with E-state index in [9.17, 15) is 0 Å². The number of rotatable bonds is 6. The van der Waals surface area contributed by atoms with Crippen LogP contribution in [0.1, 0.15) is 43.7 Å². The molecule has 0 spiro atoms. The fraction of sp³-hybridized carbons (Fsp3) is 0.692. The molecule has 3 heteroatoms. The molecule has 0 bridgehead atoms. The summed E-state index contributed by atoms with van der Waals surface area (Å²) in [5.74, 6) is 0. The number of ether oxygens (including phenoxy) is 1. The SMILES string of the molecule is CCCNC(c1sccc1C)C(C)(C)OC. The zero-order valence-corrected chi connectivity index (χ0v) is 11.8. The van der Waals surface area contributed by atoms with Crippen molar-refractivity contribution in [3.8, 4) is 0 Å². The molecule has 1 unspecified atom stereocenters. The van der Waals surface area contributed by atoms with Gasteiger partial charge in [0.05, 0.1) is 11.6 Å². The molecular formula is C13H23NOS. The van der Waals surface area contributed by atoms with Gasteiger partial charge in [-0.05, 0) is 50.7 Å². The number of aryl methyl sites for hydroxylation is 1. The summed E-state index contributed by atoms with van der Waals surface area (Å²) >= 11 is 1.81. The molecule has 1 N–H and O–H groups in total. The van der Waals surface area contributed by atoms with Gasteiger partial charge < -0.3 is 10.1 Å². The van der Waals surface area contributed by atoms with Gasteiger partial charge in [0.2, 0.25) is 0 Å². The lowest BCUT2D eigenvalue weighted by Crippen LogP contribution is -2.41. The maximum atomic E-state index is 5.62. The number of hydrogen-bond acceptors (Lipinski definition) is 3. The molecule has 92 valence electrons. The van der Waals surface area contributed by atoms with E-state index in [0.717, 1.165) is 13.0 Å². The first kappa shape index (κ1) is 13.7. The van der Waals surface area contributed by atoms with Crippen LogP contribution in [-0.2, 0) is 4.74 Å². The molecule has 1 rings (SSSR count). The lowest BCUT2D eigenvalue weighted by atomic mass is 9.95. The fourth-order valence-electron chi connectivity index (χ4n) is 1.74. The van der Waals surface area contributed by atoms with Crippen molar-refractivity contribution in [2.75, 3.05) is 13.7 Å². The van der Waals surface area contributed by atoms with Gasteiger partial charge in [0.15, 0.2) is 0 Å². The van der Waals surface area contributed by atoms with Crippen molar-refractivity contribution in [2.24, 2.45) is 0 Å². The van der Waals surface area contributed by atoms with E-state index in [1.165, 1.54) is 10.4 Å². The molecule has 0 fully saturated rings. The van der Waals surface area contributed by atoms with Crippen molar-refractivity contribution in [1.29, 1.82) is 0 Å². The molecule has 1 aromatic heterocycles. The molecular weight excluding hydrogens is 218 g/mol. The van der Waals surface area contributed by atoms with Gasteiger partial charge in [-0.3, -0.25) is 0 Å². The van der Waals surface area contributed by atoms with E-state index in [-0.39, 0.29) is 11.6 Å². The molecule has 0 radical (unpaired) electrons. The minimum absolute atomic E-state index is 0.176. The summed E-state index contributed by atoms with van der Waals surface area (Å²) in [6.45, 7) is 9.65. The molecule has 0 aromatic carbocycles. The lowest BCUT2D eigenvalue weighted by molar-refractivity contribution is -0.0102. The highest BCUT2D eigenvalue weighted by Crippen LogP contribution is 2.33. The van der Waals surface area contributed by atoms with Crippen molar-refractivity contribution < 1.29 is 4.74 Å². The van der Waals surface area contributed by atoms with Gasteiger partial charge in [-0.25, -0.2) is 0 Å². The molecule has 0 aliphatic heterocycles. The van der Waals surface area contributed by atoms with E-state index in [2.05, 4.69) is 44.5 Å². The number of methoxy groups -OCH3 is 1. The minimum Gasteiger partial charge on any atom is -0.377 e. The standard InChI is InChI=1S/C13H23NOS/c1-6-8-14-12(13(3,4)15-5)11-10(2)7-9-16-11/h7,9,12,14H,6,8H2,1-5H3. The van der Waals surface area contributed by atoms with Gasteiger partial charge in [-0.1, -0.05) is 6.92 Å². The van der Waals surface area contributed by atoms with Gasteiger partial charge in [0.25, 0.3) is 0 Å². The monoisotopic (exact) mass is 241 g/mol. The van der Waals surface area contributed by atoms with Crippen molar-refractivity contribution in [3.05, 3.63) is 21.9 Å². The van der Waals surface area contributed by atoms with Crippen LogP contribution in [0.15, 0.2) is 11.4 Å². The summed E-state index contributed by atoms with van der Waals surface area (Å²) in [5, 5.41) is 5.74. The number of nitrogens with one attached hydrogen (secondary N) is 1. The van der Waals surface area contributed by atoms with Crippen LogP contribution < -0.4 is 5.32 Å². The van der Waals surface area contributed by atoms with Gasteiger partial charge in [0.1, 0.15) is 0 Å². The predicted molar refractivity (Wildman–Crippen MR) is 71.2 cm³/mol. The minimum atomic E-state index is -0.176. The van der Waals surface area contributed by atoms with Crippen LogP contribution >= 0.6 is 11.3 Å². The molecule has 0 amide bonds. The van der Waals surface area contributed by atoms with E-state index in [0.29, 0.717) is 0 Å². The highest BCUT2D eigenvalue weighted by atomic mass is 32.1. The van der Waals surface area contributed by atoms with E-state index < -0.39 is 0 Å². The first-order valence-corrected chi connectivity index (χ1v) is 6.73. The average Bonchev–Trinajstić information content (AvgIpc) is 2.65. The maximum Gasteiger partial charge on any atom is 0.0824 e. The van der Waals surface area contributed by atoms with Crippen LogP contribution in [0.25, 0.3) is 0 Å². The zero-order chi connectivity index (χ0) is 12.2. The Hall–Kier alpha value is -0.380. The molecule has 1 aromatic rings. The van der Waals surface area contributed by atoms with Crippen molar-refractivity contribution in [3.63, 3.8) is 0 Å². The Morgan fingerprint density at radius 3 is 2.62 bits per heavy atom. The smallest absolute Gasteiger partial charge is 0.0824 e. The van der Waals surface area contributed by atoms with E-state index in [1.807, 2.05) is 11.3 Å². The quantitative estimate of drug-likeness (QED) is 0.822. The molecule has 0 saturated carbocycles. The Kier molecular flexibility index (Phi) is 4.96. The first-order valence-electron chi connectivity index (χ1n) is 5.85. The topological polar surface area (TPSA) is 21.3 Å². The summed E-state index contributed by atoms with van der Waals surface area (Å²) in [6.07, 6.45) is 1.14. The third-order valence-corrected chi connectivity index (χ3v) is 4.07. The highest BCUT2D eigenvalue weighted by Gasteiger charge is 2.31.